The quantitative estimate of drug-likeness (QED) is 0.576. The predicted molar refractivity (Wildman–Crippen MR) is 74.1 cm³/mol. The molecule has 20 heavy (non-hydrogen) atoms. The number of sulfonamides is 1. The van der Waals surface area contributed by atoms with Crippen molar-refractivity contribution >= 4 is 16.0 Å². The first-order chi connectivity index (χ1) is 9.51. The molecule has 0 aromatic heterocycles. The molecular formula is C13H19NO5S. The molecule has 0 spiro atoms. The van der Waals surface area contributed by atoms with Gasteiger partial charge in [0.2, 0.25) is 10.0 Å². The van der Waals surface area contributed by atoms with E-state index in [0.717, 1.165) is 0 Å². The highest BCUT2D eigenvalue weighted by Gasteiger charge is 2.14. The van der Waals surface area contributed by atoms with Crippen LogP contribution in [-0.2, 0) is 19.5 Å². The Hall–Kier alpha value is -1.44. The van der Waals surface area contributed by atoms with Gasteiger partial charge in [-0.05, 0) is 37.6 Å². The Bertz CT molecular complexity index is 524. The van der Waals surface area contributed by atoms with Gasteiger partial charge in [0.05, 0.1) is 17.6 Å². The summed E-state index contributed by atoms with van der Waals surface area (Å²) in [7, 11) is -2.28. The van der Waals surface area contributed by atoms with Crippen molar-refractivity contribution in [2.45, 2.75) is 18.2 Å². The second-order valence-electron chi connectivity index (χ2n) is 3.96. The van der Waals surface area contributed by atoms with Crippen LogP contribution in [0.5, 0.6) is 0 Å². The number of nitrogens with one attached hydrogen (secondary N) is 1. The van der Waals surface area contributed by atoms with Gasteiger partial charge in [-0.1, -0.05) is 0 Å². The molecule has 0 saturated carbocycles. The number of methoxy groups -OCH3 is 1. The number of rotatable bonds is 8. The van der Waals surface area contributed by atoms with E-state index in [0.29, 0.717) is 31.7 Å². The first kappa shape index (κ1) is 16.6. The van der Waals surface area contributed by atoms with Crippen LogP contribution in [0.3, 0.4) is 0 Å². The highest BCUT2D eigenvalue weighted by Crippen LogP contribution is 2.11. The van der Waals surface area contributed by atoms with Crippen LogP contribution in [0, 0.1) is 0 Å². The molecule has 0 fully saturated rings. The topological polar surface area (TPSA) is 81.7 Å². The smallest absolute Gasteiger partial charge is 0.337 e. The van der Waals surface area contributed by atoms with Crippen LogP contribution in [0.25, 0.3) is 0 Å². The van der Waals surface area contributed by atoms with Crippen molar-refractivity contribution in [3.05, 3.63) is 29.8 Å². The first-order valence-corrected chi connectivity index (χ1v) is 7.75. The van der Waals surface area contributed by atoms with Crippen molar-refractivity contribution in [1.82, 2.24) is 4.72 Å². The molecule has 0 saturated heterocycles. The average molecular weight is 301 g/mol. The van der Waals surface area contributed by atoms with Crippen molar-refractivity contribution in [2.75, 3.05) is 26.9 Å². The Morgan fingerprint density at radius 3 is 2.45 bits per heavy atom. The van der Waals surface area contributed by atoms with E-state index in [4.69, 9.17) is 4.74 Å². The average Bonchev–Trinajstić information content (AvgIpc) is 2.46. The summed E-state index contributed by atoms with van der Waals surface area (Å²) in [6.45, 7) is 3.32. The van der Waals surface area contributed by atoms with Gasteiger partial charge in [-0.2, -0.15) is 0 Å². The fourth-order valence-corrected chi connectivity index (χ4v) is 2.57. The van der Waals surface area contributed by atoms with E-state index in [9.17, 15) is 13.2 Å². The lowest BCUT2D eigenvalue weighted by atomic mass is 10.2. The minimum absolute atomic E-state index is 0.113. The molecule has 1 N–H and O–H groups in total. The summed E-state index contributed by atoms with van der Waals surface area (Å²) in [6.07, 6.45) is 0.604. The van der Waals surface area contributed by atoms with E-state index < -0.39 is 16.0 Å². The van der Waals surface area contributed by atoms with E-state index in [1.54, 1.807) is 0 Å². The Kier molecular flexibility index (Phi) is 6.63. The predicted octanol–water partition coefficient (Wildman–Crippen LogP) is 1.18. The first-order valence-electron chi connectivity index (χ1n) is 6.27. The van der Waals surface area contributed by atoms with Crippen LogP contribution in [0.15, 0.2) is 29.2 Å². The van der Waals surface area contributed by atoms with Crippen molar-refractivity contribution in [3.8, 4) is 0 Å². The summed E-state index contributed by atoms with van der Waals surface area (Å²) < 4.78 is 36.0. The summed E-state index contributed by atoms with van der Waals surface area (Å²) in [5, 5.41) is 0. The molecular weight excluding hydrogens is 282 g/mol. The molecule has 0 aliphatic rings. The molecule has 0 bridgehead atoms. The van der Waals surface area contributed by atoms with E-state index >= 15 is 0 Å². The Balaban J connectivity index is 2.61. The number of esters is 1. The van der Waals surface area contributed by atoms with Crippen molar-refractivity contribution in [1.29, 1.82) is 0 Å². The third-order valence-electron chi connectivity index (χ3n) is 2.55. The number of benzene rings is 1. The van der Waals surface area contributed by atoms with Gasteiger partial charge in [-0.3, -0.25) is 0 Å². The molecule has 7 heteroatoms. The summed E-state index contributed by atoms with van der Waals surface area (Å²) in [4.78, 5) is 11.4. The second kappa shape index (κ2) is 7.98. The summed E-state index contributed by atoms with van der Waals surface area (Å²) in [5.41, 5.74) is 0.308. The second-order valence-corrected chi connectivity index (χ2v) is 5.73. The maximum atomic E-state index is 11.9. The molecule has 0 aliphatic heterocycles. The van der Waals surface area contributed by atoms with Crippen molar-refractivity contribution in [3.63, 3.8) is 0 Å². The molecule has 1 rings (SSSR count). The zero-order chi connectivity index (χ0) is 15.0. The maximum Gasteiger partial charge on any atom is 0.337 e. The zero-order valence-electron chi connectivity index (χ0n) is 11.6. The van der Waals surface area contributed by atoms with E-state index in [1.807, 2.05) is 6.92 Å². The summed E-state index contributed by atoms with van der Waals surface area (Å²) in [5.74, 6) is -0.501. The lowest BCUT2D eigenvalue weighted by Crippen LogP contribution is -2.25. The number of hydrogen-bond donors (Lipinski definition) is 1. The monoisotopic (exact) mass is 301 g/mol. The maximum absolute atomic E-state index is 11.9. The third-order valence-corrected chi connectivity index (χ3v) is 4.02. The van der Waals surface area contributed by atoms with Gasteiger partial charge in [0.25, 0.3) is 0 Å². The van der Waals surface area contributed by atoms with E-state index in [-0.39, 0.29) is 4.90 Å². The van der Waals surface area contributed by atoms with Gasteiger partial charge >= 0.3 is 5.97 Å². The van der Waals surface area contributed by atoms with Gasteiger partial charge in [0, 0.05) is 19.8 Å². The van der Waals surface area contributed by atoms with Crippen LogP contribution in [0.2, 0.25) is 0 Å². The van der Waals surface area contributed by atoms with Crippen LogP contribution >= 0.6 is 0 Å². The Morgan fingerprint density at radius 1 is 1.25 bits per heavy atom. The molecule has 0 atom stereocenters. The van der Waals surface area contributed by atoms with Crippen molar-refractivity contribution in [2.24, 2.45) is 0 Å². The highest BCUT2D eigenvalue weighted by atomic mass is 32.2. The van der Waals surface area contributed by atoms with Crippen LogP contribution < -0.4 is 4.72 Å². The number of carbonyl (C=O) groups excluding carboxylic acids is 1. The SMILES string of the molecule is CCOCCCNS(=O)(=O)c1ccc(C(=O)OC)cc1. The van der Waals surface area contributed by atoms with Crippen LogP contribution in [0.1, 0.15) is 23.7 Å². The van der Waals surface area contributed by atoms with Gasteiger partial charge in [0.15, 0.2) is 0 Å². The minimum atomic E-state index is -3.55. The summed E-state index contributed by atoms with van der Waals surface area (Å²) in [6, 6.07) is 5.58. The standard InChI is InChI=1S/C13H19NO5S/c1-3-19-10-4-9-14-20(16,17)12-7-5-11(6-8-12)13(15)18-2/h5-8,14H,3-4,9-10H2,1-2H3. The zero-order valence-corrected chi connectivity index (χ0v) is 12.4. The number of carbonyl (C=O) groups is 1. The molecule has 0 heterocycles. The van der Waals surface area contributed by atoms with Crippen LogP contribution in [-0.4, -0.2) is 41.3 Å². The van der Waals surface area contributed by atoms with E-state index in [2.05, 4.69) is 9.46 Å². The molecule has 6 nitrogen and oxygen atoms in total. The van der Waals surface area contributed by atoms with E-state index in [1.165, 1.54) is 31.4 Å². The van der Waals surface area contributed by atoms with Gasteiger partial charge in [-0.25, -0.2) is 17.9 Å². The lowest BCUT2D eigenvalue weighted by molar-refractivity contribution is 0.0600. The molecule has 0 unspecified atom stereocenters. The fourth-order valence-electron chi connectivity index (χ4n) is 1.50. The molecule has 1 aromatic carbocycles. The van der Waals surface area contributed by atoms with Gasteiger partial charge in [0.1, 0.15) is 0 Å². The molecule has 112 valence electrons. The van der Waals surface area contributed by atoms with Crippen LogP contribution in [0.4, 0.5) is 0 Å². The highest BCUT2D eigenvalue weighted by molar-refractivity contribution is 7.89. The molecule has 0 amide bonds. The Morgan fingerprint density at radius 2 is 1.90 bits per heavy atom. The van der Waals surface area contributed by atoms with Crippen molar-refractivity contribution < 1.29 is 22.7 Å². The van der Waals surface area contributed by atoms with Gasteiger partial charge < -0.3 is 9.47 Å². The minimum Gasteiger partial charge on any atom is -0.465 e. The molecule has 0 radical (unpaired) electrons. The molecule has 0 aliphatic carbocycles. The fraction of sp³-hybridized carbons (Fsp3) is 0.462. The normalized spacial score (nSPS) is 11.3. The third kappa shape index (κ3) is 4.92. The number of ether oxygens (including phenoxy) is 2. The molecule has 1 aromatic rings. The number of hydrogen-bond acceptors (Lipinski definition) is 5. The summed E-state index contributed by atoms with van der Waals surface area (Å²) >= 11 is 0. The Labute approximate surface area is 119 Å². The largest absolute Gasteiger partial charge is 0.465 e. The van der Waals surface area contributed by atoms with Gasteiger partial charge in [-0.15, -0.1) is 0 Å². The lowest BCUT2D eigenvalue weighted by Gasteiger charge is -2.07.